The SMILES string of the molecule is [CH2]C(C=C)c1cc(F)ccc1OC(F)(F)F. The fraction of sp³-hybridized carbons (Fsp3) is 0.182. The molecule has 1 aromatic rings. The van der Waals surface area contributed by atoms with Crippen LogP contribution in [0.1, 0.15) is 11.5 Å². The third kappa shape index (κ3) is 3.25. The molecule has 1 aromatic carbocycles. The molecule has 0 fully saturated rings. The zero-order valence-electron chi connectivity index (χ0n) is 8.22. The molecular formula is C11H9F4O. The fourth-order valence-electron chi connectivity index (χ4n) is 1.15. The van der Waals surface area contributed by atoms with E-state index in [2.05, 4.69) is 18.2 Å². The molecule has 1 nitrogen and oxygen atoms in total. The second-order valence-electron chi connectivity index (χ2n) is 3.07. The summed E-state index contributed by atoms with van der Waals surface area (Å²) in [6.07, 6.45) is -3.51. The van der Waals surface area contributed by atoms with Gasteiger partial charge in [0.05, 0.1) is 0 Å². The smallest absolute Gasteiger partial charge is 0.405 e. The van der Waals surface area contributed by atoms with Crippen LogP contribution in [0.5, 0.6) is 5.75 Å². The summed E-state index contributed by atoms with van der Waals surface area (Å²) in [6.45, 7) is 6.91. The quantitative estimate of drug-likeness (QED) is 0.569. The van der Waals surface area contributed by atoms with Crippen molar-refractivity contribution >= 4 is 0 Å². The van der Waals surface area contributed by atoms with Crippen molar-refractivity contribution in [1.29, 1.82) is 0 Å². The highest BCUT2D eigenvalue weighted by Gasteiger charge is 2.32. The maximum Gasteiger partial charge on any atom is 0.573 e. The minimum atomic E-state index is -4.81. The number of halogens is 4. The Labute approximate surface area is 90.3 Å². The van der Waals surface area contributed by atoms with Crippen molar-refractivity contribution < 1.29 is 22.3 Å². The molecule has 0 aromatic heterocycles. The molecule has 0 N–H and O–H groups in total. The summed E-state index contributed by atoms with van der Waals surface area (Å²) in [5.41, 5.74) is 0.00678. The predicted octanol–water partition coefficient (Wildman–Crippen LogP) is 3.83. The van der Waals surface area contributed by atoms with E-state index in [1.165, 1.54) is 6.08 Å². The highest BCUT2D eigenvalue weighted by molar-refractivity contribution is 5.39. The van der Waals surface area contributed by atoms with E-state index < -0.39 is 23.8 Å². The Morgan fingerprint density at radius 3 is 2.44 bits per heavy atom. The van der Waals surface area contributed by atoms with Crippen LogP contribution in [0.2, 0.25) is 0 Å². The van der Waals surface area contributed by atoms with Gasteiger partial charge in [-0.05, 0) is 25.1 Å². The molecule has 1 rings (SSSR count). The lowest BCUT2D eigenvalue weighted by molar-refractivity contribution is -0.274. The van der Waals surface area contributed by atoms with Crippen LogP contribution in [0.4, 0.5) is 17.6 Å². The first-order valence-electron chi connectivity index (χ1n) is 4.34. The first-order valence-corrected chi connectivity index (χ1v) is 4.34. The molecule has 1 radical (unpaired) electrons. The van der Waals surface area contributed by atoms with Gasteiger partial charge in [0.2, 0.25) is 0 Å². The number of rotatable bonds is 3. The molecule has 0 aliphatic rings. The number of ether oxygens (including phenoxy) is 1. The lowest BCUT2D eigenvalue weighted by Crippen LogP contribution is -2.18. The van der Waals surface area contributed by atoms with E-state index in [0.717, 1.165) is 18.2 Å². The van der Waals surface area contributed by atoms with Crippen molar-refractivity contribution in [3.05, 3.63) is 49.2 Å². The number of hydrogen-bond acceptors (Lipinski definition) is 1. The number of alkyl halides is 3. The fourth-order valence-corrected chi connectivity index (χ4v) is 1.15. The zero-order valence-corrected chi connectivity index (χ0v) is 8.22. The second kappa shape index (κ2) is 4.55. The highest BCUT2D eigenvalue weighted by Crippen LogP contribution is 2.32. The van der Waals surface area contributed by atoms with E-state index >= 15 is 0 Å². The Balaban J connectivity index is 3.12. The van der Waals surface area contributed by atoms with Crippen LogP contribution in [0.25, 0.3) is 0 Å². The minimum Gasteiger partial charge on any atom is -0.405 e. The van der Waals surface area contributed by atoms with Gasteiger partial charge >= 0.3 is 6.36 Å². The molecule has 0 saturated heterocycles. The normalized spacial score (nSPS) is 13.3. The van der Waals surface area contributed by atoms with Gasteiger partial charge in [-0.15, -0.1) is 19.8 Å². The molecular weight excluding hydrogens is 224 g/mol. The van der Waals surface area contributed by atoms with Crippen molar-refractivity contribution in [3.8, 4) is 5.75 Å². The van der Waals surface area contributed by atoms with Crippen molar-refractivity contribution in [2.75, 3.05) is 0 Å². The number of benzene rings is 1. The zero-order chi connectivity index (χ0) is 12.3. The van der Waals surface area contributed by atoms with Gasteiger partial charge in [-0.2, -0.15) is 0 Å². The molecule has 1 unspecified atom stereocenters. The van der Waals surface area contributed by atoms with Crippen molar-refractivity contribution in [3.63, 3.8) is 0 Å². The van der Waals surface area contributed by atoms with Crippen LogP contribution >= 0.6 is 0 Å². The molecule has 0 amide bonds. The average Bonchev–Trinajstić information content (AvgIpc) is 2.17. The lowest BCUT2D eigenvalue weighted by atomic mass is 10.0. The van der Waals surface area contributed by atoms with E-state index in [1.54, 1.807) is 0 Å². The van der Waals surface area contributed by atoms with Crippen LogP contribution < -0.4 is 4.74 Å². The van der Waals surface area contributed by atoms with E-state index in [1.807, 2.05) is 0 Å². The second-order valence-corrected chi connectivity index (χ2v) is 3.07. The Hall–Kier alpha value is -1.52. The van der Waals surface area contributed by atoms with Gasteiger partial charge in [0.15, 0.2) is 0 Å². The average molecular weight is 233 g/mol. The Bertz CT molecular complexity index is 384. The molecule has 16 heavy (non-hydrogen) atoms. The van der Waals surface area contributed by atoms with Gasteiger partial charge in [0, 0.05) is 11.5 Å². The number of hydrogen-bond donors (Lipinski definition) is 0. The monoisotopic (exact) mass is 233 g/mol. The Kier molecular flexibility index (Phi) is 3.57. The maximum atomic E-state index is 12.9. The molecule has 0 saturated carbocycles. The van der Waals surface area contributed by atoms with Crippen LogP contribution in [-0.4, -0.2) is 6.36 Å². The third-order valence-corrected chi connectivity index (χ3v) is 1.88. The standard InChI is InChI=1S/C11H9F4O/c1-3-7(2)9-6-8(12)4-5-10(9)16-11(13,14)15/h3-7H,1-2H2. The van der Waals surface area contributed by atoms with Gasteiger partial charge in [-0.3, -0.25) is 0 Å². The Morgan fingerprint density at radius 1 is 1.31 bits per heavy atom. The molecule has 0 spiro atoms. The minimum absolute atomic E-state index is 0.00678. The summed E-state index contributed by atoms with van der Waals surface area (Å²) in [4.78, 5) is 0. The molecule has 0 heterocycles. The van der Waals surface area contributed by atoms with E-state index in [-0.39, 0.29) is 5.56 Å². The molecule has 87 valence electrons. The summed E-state index contributed by atoms with van der Waals surface area (Å²) in [7, 11) is 0. The summed E-state index contributed by atoms with van der Waals surface area (Å²) in [5, 5.41) is 0. The van der Waals surface area contributed by atoms with Crippen molar-refractivity contribution in [1.82, 2.24) is 0 Å². The molecule has 1 atom stereocenters. The summed E-state index contributed by atoms with van der Waals surface area (Å²) in [5.74, 6) is -1.79. The molecule has 0 bridgehead atoms. The maximum absolute atomic E-state index is 12.9. The van der Waals surface area contributed by atoms with Gasteiger partial charge in [-0.25, -0.2) is 4.39 Å². The van der Waals surface area contributed by atoms with Gasteiger partial charge < -0.3 is 4.74 Å². The summed E-state index contributed by atoms with van der Waals surface area (Å²) in [6, 6.07) is 2.75. The molecule has 0 aliphatic carbocycles. The van der Waals surface area contributed by atoms with Gasteiger partial charge in [0.1, 0.15) is 11.6 Å². The van der Waals surface area contributed by atoms with E-state index in [0.29, 0.717) is 0 Å². The largest absolute Gasteiger partial charge is 0.573 e. The van der Waals surface area contributed by atoms with Crippen LogP contribution in [0.15, 0.2) is 30.9 Å². The van der Waals surface area contributed by atoms with Gasteiger partial charge in [0.25, 0.3) is 0 Å². The molecule has 0 aliphatic heterocycles. The van der Waals surface area contributed by atoms with Crippen LogP contribution in [-0.2, 0) is 0 Å². The van der Waals surface area contributed by atoms with E-state index in [4.69, 9.17) is 0 Å². The predicted molar refractivity (Wildman–Crippen MR) is 51.4 cm³/mol. The topological polar surface area (TPSA) is 9.23 Å². The first kappa shape index (κ1) is 12.5. The van der Waals surface area contributed by atoms with Crippen molar-refractivity contribution in [2.24, 2.45) is 0 Å². The Morgan fingerprint density at radius 2 is 1.94 bits per heavy atom. The van der Waals surface area contributed by atoms with Crippen LogP contribution in [0.3, 0.4) is 0 Å². The molecule has 5 heteroatoms. The first-order chi connectivity index (χ1) is 7.33. The van der Waals surface area contributed by atoms with Crippen molar-refractivity contribution in [2.45, 2.75) is 12.3 Å². The van der Waals surface area contributed by atoms with E-state index in [9.17, 15) is 17.6 Å². The third-order valence-electron chi connectivity index (χ3n) is 1.88. The summed E-state index contributed by atoms with van der Waals surface area (Å²) >= 11 is 0. The number of allylic oxidation sites excluding steroid dienone is 1. The van der Waals surface area contributed by atoms with Gasteiger partial charge in [-0.1, -0.05) is 6.08 Å². The summed E-state index contributed by atoms with van der Waals surface area (Å²) < 4.78 is 52.7. The highest BCUT2D eigenvalue weighted by atomic mass is 19.4. The van der Waals surface area contributed by atoms with Crippen LogP contribution in [0, 0.1) is 12.7 Å². The lowest BCUT2D eigenvalue weighted by Gasteiger charge is -2.15.